The van der Waals surface area contributed by atoms with Crippen LogP contribution in [0.25, 0.3) is 0 Å². The van der Waals surface area contributed by atoms with Crippen molar-refractivity contribution >= 4 is 33.7 Å². The maximum absolute atomic E-state index is 11.2. The summed E-state index contributed by atoms with van der Waals surface area (Å²) in [6, 6.07) is 4.03. The molecule has 1 unspecified atom stereocenters. The topological polar surface area (TPSA) is 39.2 Å². The lowest BCUT2D eigenvalue weighted by molar-refractivity contribution is -0.139. The number of nitrogens with zero attached hydrogens (tertiary/aromatic N) is 1. The van der Waals surface area contributed by atoms with Gasteiger partial charge in [0.15, 0.2) is 0 Å². The number of rotatable bonds is 4. The van der Waals surface area contributed by atoms with Gasteiger partial charge in [-0.25, -0.2) is 4.98 Å². The average molecular weight is 304 g/mol. The molecule has 1 heterocycles. The summed E-state index contributed by atoms with van der Waals surface area (Å²) in [6.45, 7) is 3.99. The Morgan fingerprint density at radius 3 is 2.81 bits per heavy atom. The van der Waals surface area contributed by atoms with E-state index in [1.807, 2.05) is 26.0 Å². The van der Waals surface area contributed by atoms with E-state index < -0.39 is 0 Å². The van der Waals surface area contributed by atoms with Crippen LogP contribution < -0.4 is 0 Å². The molecule has 0 aromatic carbocycles. The summed E-state index contributed by atoms with van der Waals surface area (Å²) in [4.78, 5) is 15.3. The normalized spacial score (nSPS) is 12.2. The van der Waals surface area contributed by atoms with Crippen LogP contribution in [0.4, 0.5) is 0 Å². The van der Waals surface area contributed by atoms with E-state index in [4.69, 9.17) is 0 Å². The van der Waals surface area contributed by atoms with Gasteiger partial charge < -0.3 is 4.74 Å². The van der Waals surface area contributed by atoms with Crippen LogP contribution in [0.5, 0.6) is 0 Å². The molecule has 0 aliphatic heterocycles. The van der Waals surface area contributed by atoms with Crippen molar-refractivity contribution in [3.05, 3.63) is 23.4 Å². The fraction of sp³-hybridized carbons (Fsp3) is 0.455. The van der Waals surface area contributed by atoms with Crippen molar-refractivity contribution in [2.75, 3.05) is 12.9 Å². The van der Waals surface area contributed by atoms with Gasteiger partial charge in [0, 0.05) is 11.4 Å². The van der Waals surface area contributed by atoms with Gasteiger partial charge in [0.2, 0.25) is 0 Å². The minimum atomic E-state index is -0.287. The Morgan fingerprint density at radius 2 is 2.25 bits per heavy atom. The number of aryl methyl sites for hydroxylation is 2. The predicted octanol–water partition coefficient (Wildman–Crippen LogP) is 2.73. The number of carbonyl (C=O) groups excluding carboxylic acids is 1. The quantitative estimate of drug-likeness (QED) is 0.487. The number of carbonyl (C=O) groups is 1. The molecule has 0 bridgehead atoms. The van der Waals surface area contributed by atoms with Gasteiger partial charge in [0.05, 0.1) is 12.1 Å². The molecule has 0 saturated carbocycles. The van der Waals surface area contributed by atoms with Gasteiger partial charge in [0.1, 0.15) is 4.83 Å². The highest BCUT2D eigenvalue weighted by Crippen LogP contribution is 2.21. The highest BCUT2D eigenvalue weighted by atomic mass is 79.9. The van der Waals surface area contributed by atoms with Crippen LogP contribution in [-0.2, 0) is 9.53 Å². The van der Waals surface area contributed by atoms with Crippen LogP contribution in [0, 0.1) is 13.8 Å². The second-order valence-corrected chi connectivity index (χ2v) is 5.57. The summed E-state index contributed by atoms with van der Waals surface area (Å²) in [6.07, 6.45) is 0. The standard InChI is InChI=1S/C11H14BrNO2S/c1-7-4-8(2)13-10(5-7)16-6-9(12)11(14)15-3/h4-5,9H,6H2,1-3H3. The monoisotopic (exact) mass is 303 g/mol. The van der Waals surface area contributed by atoms with Crippen molar-refractivity contribution in [1.82, 2.24) is 4.98 Å². The zero-order valence-electron chi connectivity index (χ0n) is 9.49. The molecular weight excluding hydrogens is 290 g/mol. The average Bonchev–Trinajstić information content (AvgIpc) is 2.23. The molecule has 0 amide bonds. The molecule has 0 N–H and O–H groups in total. The number of ether oxygens (including phenoxy) is 1. The Hall–Kier alpha value is -0.550. The van der Waals surface area contributed by atoms with Gasteiger partial charge in [-0.2, -0.15) is 0 Å². The molecule has 16 heavy (non-hydrogen) atoms. The molecule has 0 aliphatic rings. The van der Waals surface area contributed by atoms with Crippen molar-refractivity contribution in [1.29, 1.82) is 0 Å². The number of aromatic nitrogens is 1. The van der Waals surface area contributed by atoms with Crippen molar-refractivity contribution in [2.24, 2.45) is 0 Å². The maximum atomic E-state index is 11.2. The number of esters is 1. The van der Waals surface area contributed by atoms with Crippen LogP contribution in [0.1, 0.15) is 11.3 Å². The first-order valence-electron chi connectivity index (χ1n) is 4.83. The first-order valence-corrected chi connectivity index (χ1v) is 6.73. The Labute approximate surface area is 108 Å². The second kappa shape index (κ2) is 6.25. The number of pyridine rings is 1. The number of alkyl halides is 1. The van der Waals surface area contributed by atoms with Crippen LogP contribution >= 0.6 is 27.7 Å². The summed E-state index contributed by atoms with van der Waals surface area (Å²) in [5.41, 5.74) is 2.17. The largest absolute Gasteiger partial charge is 0.468 e. The Kier molecular flexibility index (Phi) is 5.28. The lowest BCUT2D eigenvalue weighted by Gasteiger charge is -2.07. The molecule has 88 valence electrons. The third-order valence-electron chi connectivity index (χ3n) is 1.91. The highest BCUT2D eigenvalue weighted by Gasteiger charge is 2.15. The molecule has 0 saturated heterocycles. The third-order valence-corrected chi connectivity index (χ3v) is 4.04. The third kappa shape index (κ3) is 4.14. The predicted molar refractivity (Wildman–Crippen MR) is 69.2 cm³/mol. The summed E-state index contributed by atoms with van der Waals surface area (Å²) in [7, 11) is 1.39. The molecular formula is C11H14BrNO2S. The molecule has 5 heteroatoms. The first kappa shape index (κ1) is 13.5. The number of thioether (sulfide) groups is 1. The van der Waals surface area contributed by atoms with Crippen LogP contribution in [-0.4, -0.2) is 28.6 Å². The molecule has 1 rings (SSSR count). The van der Waals surface area contributed by atoms with Crippen molar-refractivity contribution in [2.45, 2.75) is 23.7 Å². The fourth-order valence-corrected chi connectivity index (χ4v) is 2.75. The van der Waals surface area contributed by atoms with Gasteiger partial charge >= 0.3 is 5.97 Å². The van der Waals surface area contributed by atoms with E-state index in [0.717, 1.165) is 10.7 Å². The summed E-state index contributed by atoms with van der Waals surface area (Å²) < 4.78 is 4.63. The van der Waals surface area contributed by atoms with E-state index in [1.54, 1.807) is 11.8 Å². The SMILES string of the molecule is COC(=O)C(Br)CSc1cc(C)cc(C)n1. The summed E-state index contributed by atoms with van der Waals surface area (Å²) in [5.74, 6) is 0.361. The minimum absolute atomic E-state index is 0.253. The maximum Gasteiger partial charge on any atom is 0.320 e. The van der Waals surface area contributed by atoms with Crippen LogP contribution in [0.3, 0.4) is 0 Å². The fourth-order valence-electron chi connectivity index (χ4n) is 1.23. The van der Waals surface area contributed by atoms with E-state index in [2.05, 4.69) is 25.7 Å². The zero-order valence-corrected chi connectivity index (χ0v) is 11.9. The highest BCUT2D eigenvalue weighted by molar-refractivity contribution is 9.10. The van der Waals surface area contributed by atoms with Crippen molar-refractivity contribution in [3.63, 3.8) is 0 Å². The molecule has 0 spiro atoms. The second-order valence-electron chi connectivity index (χ2n) is 3.43. The number of halogens is 1. The number of methoxy groups -OCH3 is 1. The van der Waals surface area contributed by atoms with Crippen molar-refractivity contribution < 1.29 is 9.53 Å². The Bertz CT molecular complexity index is 364. The molecule has 1 aromatic heterocycles. The Morgan fingerprint density at radius 1 is 1.56 bits per heavy atom. The number of hydrogen-bond acceptors (Lipinski definition) is 4. The molecule has 0 fully saturated rings. The molecule has 0 radical (unpaired) electrons. The Balaban J connectivity index is 2.57. The lowest BCUT2D eigenvalue weighted by atomic mass is 10.3. The first-order chi connectivity index (χ1) is 7.52. The number of hydrogen-bond donors (Lipinski definition) is 0. The van der Waals surface area contributed by atoms with E-state index in [0.29, 0.717) is 5.75 Å². The summed E-state index contributed by atoms with van der Waals surface area (Å²) in [5, 5.41) is 0.936. The zero-order chi connectivity index (χ0) is 12.1. The molecule has 1 aromatic rings. The molecule has 0 aliphatic carbocycles. The smallest absolute Gasteiger partial charge is 0.320 e. The summed E-state index contributed by atoms with van der Waals surface area (Å²) >= 11 is 4.82. The van der Waals surface area contributed by atoms with E-state index in [-0.39, 0.29) is 10.8 Å². The lowest BCUT2D eigenvalue weighted by Crippen LogP contribution is -2.17. The van der Waals surface area contributed by atoms with E-state index in [9.17, 15) is 4.79 Å². The van der Waals surface area contributed by atoms with Gasteiger partial charge in [-0.1, -0.05) is 15.9 Å². The van der Waals surface area contributed by atoms with E-state index in [1.165, 1.54) is 12.7 Å². The van der Waals surface area contributed by atoms with Gasteiger partial charge in [-0.15, -0.1) is 11.8 Å². The molecule has 3 nitrogen and oxygen atoms in total. The van der Waals surface area contributed by atoms with Crippen LogP contribution in [0.15, 0.2) is 17.2 Å². The van der Waals surface area contributed by atoms with Gasteiger partial charge in [-0.05, 0) is 31.5 Å². The van der Waals surface area contributed by atoms with Crippen molar-refractivity contribution in [3.8, 4) is 0 Å². The van der Waals surface area contributed by atoms with Gasteiger partial charge in [0.25, 0.3) is 0 Å². The van der Waals surface area contributed by atoms with Crippen LogP contribution in [0.2, 0.25) is 0 Å². The van der Waals surface area contributed by atoms with E-state index >= 15 is 0 Å². The van der Waals surface area contributed by atoms with Gasteiger partial charge in [-0.3, -0.25) is 4.79 Å². The molecule has 1 atom stereocenters. The minimum Gasteiger partial charge on any atom is -0.468 e.